The third-order valence-corrected chi connectivity index (χ3v) is 2.67. The number of methoxy groups -OCH3 is 1. The average Bonchev–Trinajstić information content (AvgIpc) is 2.40. The number of carbonyl (C=O) groups is 1. The van der Waals surface area contributed by atoms with Crippen LogP contribution in [0.5, 0.6) is 5.75 Å². The third-order valence-electron chi connectivity index (χ3n) is 2.67. The van der Waals surface area contributed by atoms with E-state index in [1.807, 2.05) is 23.2 Å². The van der Waals surface area contributed by atoms with Crippen molar-refractivity contribution in [2.24, 2.45) is 0 Å². The van der Waals surface area contributed by atoms with E-state index >= 15 is 0 Å². The molecule has 0 bridgehead atoms. The summed E-state index contributed by atoms with van der Waals surface area (Å²) in [5, 5.41) is 4.63. The molecule has 0 spiro atoms. The molecule has 18 heavy (non-hydrogen) atoms. The second kappa shape index (κ2) is 6.07. The Morgan fingerprint density at radius 2 is 2.17 bits per heavy atom. The minimum Gasteiger partial charge on any atom is -0.495 e. The first-order chi connectivity index (χ1) is 8.79. The quantitative estimate of drug-likeness (QED) is 0.803. The number of carbonyl (C=O) groups excluding carboxylic acids is 1. The Balaban J connectivity index is 1.92. The lowest BCUT2D eigenvalue weighted by Crippen LogP contribution is -2.45. The van der Waals surface area contributed by atoms with E-state index in [1.165, 1.54) is 0 Å². The van der Waals surface area contributed by atoms with E-state index in [2.05, 4.69) is 16.8 Å². The fourth-order valence-corrected chi connectivity index (χ4v) is 1.78. The van der Waals surface area contributed by atoms with Crippen LogP contribution in [0.4, 0.5) is 10.5 Å². The molecule has 0 saturated heterocycles. The summed E-state index contributed by atoms with van der Waals surface area (Å²) in [4.78, 5) is 11.8. The van der Waals surface area contributed by atoms with Crippen molar-refractivity contribution in [1.29, 1.82) is 0 Å². The van der Waals surface area contributed by atoms with Gasteiger partial charge in [0.1, 0.15) is 5.75 Å². The largest absolute Gasteiger partial charge is 0.495 e. The number of anilines is 1. The van der Waals surface area contributed by atoms with E-state index in [0.717, 1.165) is 19.5 Å². The van der Waals surface area contributed by atoms with Crippen LogP contribution in [0.15, 0.2) is 36.4 Å². The zero-order valence-electron chi connectivity index (χ0n) is 10.3. The zero-order valence-corrected chi connectivity index (χ0v) is 10.3. The predicted octanol–water partition coefficient (Wildman–Crippen LogP) is 1.99. The van der Waals surface area contributed by atoms with E-state index in [9.17, 15) is 4.79 Å². The molecule has 0 aromatic heterocycles. The topological polar surface area (TPSA) is 53.6 Å². The van der Waals surface area contributed by atoms with Gasteiger partial charge in [0.15, 0.2) is 0 Å². The molecule has 0 saturated carbocycles. The summed E-state index contributed by atoms with van der Waals surface area (Å²) in [7, 11) is 1.58. The van der Waals surface area contributed by atoms with Gasteiger partial charge in [0.2, 0.25) is 0 Å². The molecule has 5 heteroatoms. The second-order valence-corrected chi connectivity index (χ2v) is 3.97. The Bertz CT molecular complexity index is 446. The molecule has 0 unspecified atom stereocenters. The highest BCUT2D eigenvalue weighted by molar-refractivity contribution is 5.90. The molecule has 5 nitrogen and oxygen atoms in total. The van der Waals surface area contributed by atoms with Crippen molar-refractivity contribution in [3.63, 3.8) is 0 Å². The van der Waals surface area contributed by atoms with Gasteiger partial charge in [-0.2, -0.15) is 0 Å². The van der Waals surface area contributed by atoms with Gasteiger partial charge in [-0.05, 0) is 18.6 Å². The van der Waals surface area contributed by atoms with Crippen LogP contribution in [-0.4, -0.2) is 31.2 Å². The lowest BCUT2D eigenvalue weighted by Gasteiger charge is -2.23. The lowest BCUT2D eigenvalue weighted by molar-refractivity contribution is 0.195. The maximum Gasteiger partial charge on any atom is 0.333 e. The standard InChI is InChI=1S/C13H17N3O2/c1-18-12-8-4-3-7-11(12)14-13(17)15-16-9-5-2-6-10-16/h2-5,7-8H,6,9-10H2,1H3,(H2,14,15,17). The molecule has 0 radical (unpaired) electrons. The van der Waals surface area contributed by atoms with Gasteiger partial charge in [-0.3, -0.25) is 5.43 Å². The Labute approximate surface area is 106 Å². The lowest BCUT2D eigenvalue weighted by atomic mass is 10.3. The van der Waals surface area contributed by atoms with Gasteiger partial charge in [0.05, 0.1) is 12.8 Å². The summed E-state index contributed by atoms with van der Waals surface area (Å²) in [5.41, 5.74) is 3.45. The maximum absolute atomic E-state index is 11.8. The van der Waals surface area contributed by atoms with Gasteiger partial charge >= 0.3 is 6.03 Å². The monoisotopic (exact) mass is 247 g/mol. The van der Waals surface area contributed by atoms with Crippen molar-refractivity contribution in [3.05, 3.63) is 36.4 Å². The van der Waals surface area contributed by atoms with Gasteiger partial charge in [-0.25, -0.2) is 9.80 Å². The summed E-state index contributed by atoms with van der Waals surface area (Å²) < 4.78 is 5.17. The van der Waals surface area contributed by atoms with E-state index in [4.69, 9.17) is 4.74 Å². The fraction of sp³-hybridized carbons (Fsp3) is 0.308. The normalized spacial score (nSPS) is 15.2. The van der Waals surface area contributed by atoms with Gasteiger partial charge in [-0.15, -0.1) is 0 Å². The highest BCUT2D eigenvalue weighted by Gasteiger charge is 2.11. The van der Waals surface area contributed by atoms with Crippen molar-refractivity contribution >= 4 is 11.7 Å². The number of nitrogens with zero attached hydrogens (tertiary/aromatic N) is 1. The van der Waals surface area contributed by atoms with Crippen LogP contribution in [-0.2, 0) is 0 Å². The molecule has 0 atom stereocenters. The van der Waals surface area contributed by atoms with Gasteiger partial charge in [0.25, 0.3) is 0 Å². The summed E-state index contributed by atoms with van der Waals surface area (Å²) in [5.74, 6) is 0.645. The zero-order chi connectivity index (χ0) is 12.8. The van der Waals surface area contributed by atoms with Gasteiger partial charge in [-0.1, -0.05) is 24.3 Å². The first kappa shape index (κ1) is 12.4. The molecule has 2 rings (SSSR count). The van der Waals surface area contributed by atoms with Crippen molar-refractivity contribution < 1.29 is 9.53 Å². The minimum absolute atomic E-state index is 0.255. The number of hydrazine groups is 1. The molecule has 1 aliphatic heterocycles. The van der Waals surface area contributed by atoms with Crippen LogP contribution in [0.1, 0.15) is 6.42 Å². The van der Waals surface area contributed by atoms with E-state index in [0.29, 0.717) is 11.4 Å². The predicted molar refractivity (Wildman–Crippen MR) is 70.5 cm³/mol. The first-order valence-corrected chi connectivity index (χ1v) is 5.90. The van der Waals surface area contributed by atoms with Crippen LogP contribution in [0, 0.1) is 0 Å². The van der Waals surface area contributed by atoms with Crippen molar-refractivity contribution in [1.82, 2.24) is 10.4 Å². The number of nitrogens with one attached hydrogen (secondary N) is 2. The number of ether oxygens (including phenoxy) is 1. The van der Waals surface area contributed by atoms with Crippen LogP contribution >= 0.6 is 0 Å². The molecule has 2 amide bonds. The number of para-hydroxylation sites is 2. The molecule has 0 fully saturated rings. The molecule has 0 aliphatic carbocycles. The van der Waals surface area contributed by atoms with Crippen LogP contribution in [0.2, 0.25) is 0 Å². The van der Waals surface area contributed by atoms with E-state index in [1.54, 1.807) is 19.2 Å². The third kappa shape index (κ3) is 3.24. The molecule has 1 aromatic rings. The van der Waals surface area contributed by atoms with Crippen molar-refractivity contribution in [2.45, 2.75) is 6.42 Å². The maximum atomic E-state index is 11.8. The highest BCUT2D eigenvalue weighted by Crippen LogP contribution is 2.22. The van der Waals surface area contributed by atoms with Crippen molar-refractivity contribution in [3.8, 4) is 5.75 Å². The molecule has 96 valence electrons. The molecule has 1 heterocycles. The fourth-order valence-electron chi connectivity index (χ4n) is 1.78. The molecule has 1 aromatic carbocycles. The van der Waals surface area contributed by atoms with Crippen LogP contribution < -0.4 is 15.5 Å². The Hall–Kier alpha value is -2.01. The second-order valence-electron chi connectivity index (χ2n) is 3.97. The van der Waals surface area contributed by atoms with Gasteiger partial charge in [0, 0.05) is 13.1 Å². The van der Waals surface area contributed by atoms with Crippen molar-refractivity contribution in [2.75, 3.05) is 25.5 Å². The first-order valence-electron chi connectivity index (χ1n) is 5.90. The van der Waals surface area contributed by atoms with Crippen LogP contribution in [0.3, 0.4) is 0 Å². The van der Waals surface area contributed by atoms with E-state index < -0.39 is 0 Å². The molecule has 2 N–H and O–H groups in total. The highest BCUT2D eigenvalue weighted by atomic mass is 16.5. The van der Waals surface area contributed by atoms with E-state index in [-0.39, 0.29) is 6.03 Å². The van der Waals surface area contributed by atoms with Gasteiger partial charge < -0.3 is 10.1 Å². The number of benzene rings is 1. The summed E-state index contributed by atoms with van der Waals surface area (Å²) in [6.45, 7) is 1.56. The molecular formula is C13H17N3O2. The van der Waals surface area contributed by atoms with Crippen LogP contribution in [0.25, 0.3) is 0 Å². The number of hydrogen-bond donors (Lipinski definition) is 2. The minimum atomic E-state index is -0.255. The molecular weight excluding hydrogens is 230 g/mol. The Morgan fingerprint density at radius 3 is 2.89 bits per heavy atom. The average molecular weight is 247 g/mol. The number of urea groups is 1. The smallest absolute Gasteiger partial charge is 0.333 e. The Morgan fingerprint density at radius 1 is 1.33 bits per heavy atom. The number of hydrogen-bond acceptors (Lipinski definition) is 3. The SMILES string of the molecule is COc1ccccc1NC(=O)NN1CC=CCC1. The summed E-state index contributed by atoms with van der Waals surface area (Å²) in [6, 6.07) is 7.06. The Kier molecular flexibility index (Phi) is 4.20. The molecule has 1 aliphatic rings. The summed E-state index contributed by atoms with van der Waals surface area (Å²) >= 11 is 0. The summed E-state index contributed by atoms with van der Waals surface area (Å²) in [6.07, 6.45) is 5.10. The number of rotatable bonds is 3. The number of amides is 2.